The Morgan fingerprint density at radius 1 is 0.808 bits per heavy atom. The standard InChI is InChI=1S/C21H17NO3S/c1-25-19-10-4-17(5-11-19)7-13-21-15-14-20(26-21)12-6-16-2-8-18(9-3-16)22(23)24/h2-15H,1H3/b12-6+,13-7+. The lowest BCUT2D eigenvalue weighted by molar-refractivity contribution is -0.384. The Labute approximate surface area is 155 Å². The second-order valence-electron chi connectivity index (χ2n) is 5.53. The van der Waals surface area contributed by atoms with Crippen LogP contribution >= 0.6 is 11.3 Å². The zero-order chi connectivity index (χ0) is 18.4. The van der Waals surface area contributed by atoms with E-state index in [4.69, 9.17) is 4.74 Å². The Kier molecular flexibility index (Phi) is 5.61. The molecule has 3 aromatic rings. The first-order valence-electron chi connectivity index (χ1n) is 7.98. The summed E-state index contributed by atoms with van der Waals surface area (Å²) in [4.78, 5) is 12.6. The molecule has 26 heavy (non-hydrogen) atoms. The fourth-order valence-electron chi connectivity index (χ4n) is 2.33. The van der Waals surface area contributed by atoms with Crippen molar-refractivity contribution in [3.8, 4) is 5.75 Å². The van der Waals surface area contributed by atoms with E-state index in [0.717, 1.165) is 26.6 Å². The average molecular weight is 363 g/mol. The molecule has 1 aromatic heterocycles. The van der Waals surface area contributed by atoms with Crippen molar-refractivity contribution >= 4 is 41.3 Å². The molecule has 0 amide bonds. The van der Waals surface area contributed by atoms with Gasteiger partial charge in [0, 0.05) is 21.9 Å². The molecule has 5 heteroatoms. The normalized spacial score (nSPS) is 11.3. The van der Waals surface area contributed by atoms with Crippen LogP contribution in [-0.2, 0) is 0 Å². The topological polar surface area (TPSA) is 52.4 Å². The van der Waals surface area contributed by atoms with Gasteiger partial charge in [0.15, 0.2) is 0 Å². The van der Waals surface area contributed by atoms with E-state index in [0.29, 0.717) is 0 Å². The summed E-state index contributed by atoms with van der Waals surface area (Å²) in [5.41, 5.74) is 2.14. The minimum absolute atomic E-state index is 0.101. The molecule has 0 radical (unpaired) electrons. The molecule has 0 aliphatic carbocycles. The Balaban J connectivity index is 1.65. The molecule has 0 atom stereocenters. The van der Waals surface area contributed by atoms with Gasteiger partial charge in [0.1, 0.15) is 5.75 Å². The summed E-state index contributed by atoms with van der Waals surface area (Å²) in [6, 6.07) is 18.5. The molecular weight excluding hydrogens is 346 g/mol. The van der Waals surface area contributed by atoms with Gasteiger partial charge in [-0.25, -0.2) is 0 Å². The fraction of sp³-hybridized carbons (Fsp3) is 0.0476. The molecule has 0 fully saturated rings. The van der Waals surface area contributed by atoms with E-state index < -0.39 is 4.92 Å². The van der Waals surface area contributed by atoms with E-state index in [1.54, 1.807) is 30.6 Å². The van der Waals surface area contributed by atoms with Crippen LogP contribution in [0.4, 0.5) is 5.69 Å². The van der Waals surface area contributed by atoms with E-state index in [9.17, 15) is 10.1 Å². The molecule has 3 rings (SSSR count). The maximum atomic E-state index is 10.7. The van der Waals surface area contributed by atoms with Crippen LogP contribution in [0.1, 0.15) is 20.9 Å². The molecule has 0 N–H and O–H groups in total. The molecule has 0 unspecified atom stereocenters. The van der Waals surface area contributed by atoms with Crippen molar-refractivity contribution < 1.29 is 9.66 Å². The number of rotatable bonds is 6. The zero-order valence-electron chi connectivity index (χ0n) is 14.2. The Morgan fingerprint density at radius 2 is 1.31 bits per heavy atom. The third kappa shape index (κ3) is 4.68. The minimum atomic E-state index is -0.395. The molecular formula is C21H17NO3S. The lowest BCUT2D eigenvalue weighted by Gasteiger charge is -1.98. The number of nitro benzene ring substituents is 1. The number of methoxy groups -OCH3 is 1. The molecule has 2 aromatic carbocycles. The number of non-ortho nitro benzene ring substituents is 1. The predicted octanol–water partition coefficient (Wildman–Crippen LogP) is 6.01. The van der Waals surface area contributed by atoms with Gasteiger partial charge in [-0.1, -0.05) is 24.3 Å². The predicted molar refractivity (Wildman–Crippen MR) is 108 cm³/mol. The molecule has 0 aliphatic heterocycles. The number of benzene rings is 2. The van der Waals surface area contributed by atoms with Crippen molar-refractivity contribution in [2.75, 3.05) is 7.11 Å². The Hall–Kier alpha value is -3.18. The molecule has 0 saturated heterocycles. The SMILES string of the molecule is COc1ccc(/C=C/c2ccc(/C=C/c3ccc([N+](=O)[O-])cc3)s2)cc1. The Bertz CT molecular complexity index is 938. The number of nitrogens with zero attached hydrogens (tertiary/aromatic N) is 1. The number of ether oxygens (including phenoxy) is 1. The molecule has 0 aliphatic rings. The van der Waals surface area contributed by atoms with Gasteiger partial charge in [0.05, 0.1) is 12.0 Å². The van der Waals surface area contributed by atoms with Crippen molar-refractivity contribution in [3.05, 3.63) is 91.7 Å². The van der Waals surface area contributed by atoms with Crippen LogP contribution in [0.3, 0.4) is 0 Å². The summed E-state index contributed by atoms with van der Waals surface area (Å²) in [7, 11) is 1.65. The van der Waals surface area contributed by atoms with Gasteiger partial charge >= 0.3 is 0 Å². The van der Waals surface area contributed by atoms with Crippen molar-refractivity contribution in [1.82, 2.24) is 0 Å². The quantitative estimate of drug-likeness (QED) is 0.398. The number of nitro groups is 1. The van der Waals surface area contributed by atoms with Gasteiger partial charge < -0.3 is 4.74 Å². The summed E-state index contributed by atoms with van der Waals surface area (Å²) in [5, 5.41) is 10.7. The summed E-state index contributed by atoms with van der Waals surface area (Å²) in [5.74, 6) is 0.844. The summed E-state index contributed by atoms with van der Waals surface area (Å²) >= 11 is 1.68. The van der Waals surface area contributed by atoms with Gasteiger partial charge in [0.25, 0.3) is 5.69 Å². The lowest BCUT2D eigenvalue weighted by Crippen LogP contribution is -1.86. The molecule has 0 bridgehead atoms. The van der Waals surface area contributed by atoms with Crippen LogP contribution in [0.15, 0.2) is 60.7 Å². The van der Waals surface area contributed by atoms with E-state index in [1.807, 2.05) is 36.4 Å². The summed E-state index contributed by atoms with van der Waals surface area (Å²) in [6.45, 7) is 0. The largest absolute Gasteiger partial charge is 0.497 e. The first-order valence-corrected chi connectivity index (χ1v) is 8.80. The molecule has 0 spiro atoms. The van der Waals surface area contributed by atoms with Gasteiger partial charge in [0.2, 0.25) is 0 Å². The van der Waals surface area contributed by atoms with Crippen LogP contribution in [0.2, 0.25) is 0 Å². The fourth-order valence-corrected chi connectivity index (χ4v) is 3.14. The highest BCUT2D eigenvalue weighted by atomic mass is 32.1. The first-order chi connectivity index (χ1) is 12.6. The van der Waals surface area contributed by atoms with Crippen LogP contribution in [0.25, 0.3) is 24.3 Å². The summed E-state index contributed by atoms with van der Waals surface area (Å²) < 4.78 is 5.15. The minimum Gasteiger partial charge on any atom is -0.497 e. The summed E-state index contributed by atoms with van der Waals surface area (Å²) in [6.07, 6.45) is 8.11. The van der Waals surface area contributed by atoms with Gasteiger partial charge in [-0.3, -0.25) is 10.1 Å². The Morgan fingerprint density at radius 3 is 1.77 bits per heavy atom. The number of thiophene rings is 1. The maximum Gasteiger partial charge on any atom is 0.269 e. The van der Waals surface area contributed by atoms with E-state index in [1.165, 1.54) is 12.1 Å². The highest BCUT2D eigenvalue weighted by Gasteiger charge is 2.02. The van der Waals surface area contributed by atoms with Crippen LogP contribution in [0, 0.1) is 10.1 Å². The van der Waals surface area contributed by atoms with E-state index in [-0.39, 0.29) is 5.69 Å². The van der Waals surface area contributed by atoms with E-state index in [2.05, 4.69) is 24.3 Å². The smallest absolute Gasteiger partial charge is 0.269 e. The van der Waals surface area contributed by atoms with Crippen molar-refractivity contribution in [2.24, 2.45) is 0 Å². The van der Waals surface area contributed by atoms with Crippen LogP contribution < -0.4 is 4.74 Å². The number of hydrogen-bond donors (Lipinski definition) is 0. The average Bonchev–Trinajstić information content (AvgIpc) is 3.13. The van der Waals surface area contributed by atoms with Crippen LogP contribution in [-0.4, -0.2) is 12.0 Å². The third-order valence-corrected chi connectivity index (χ3v) is 4.76. The molecule has 4 nitrogen and oxygen atoms in total. The highest BCUT2D eigenvalue weighted by Crippen LogP contribution is 2.22. The number of hydrogen-bond acceptors (Lipinski definition) is 4. The van der Waals surface area contributed by atoms with Crippen molar-refractivity contribution in [2.45, 2.75) is 0 Å². The molecule has 0 saturated carbocycles. The van der Waals surface area contributed by atoms with Gasteiger partial charge in [-0.05, 0) is 59.7 Å². The highest BCUT2D eigenvalue weighted by molar-refractivity contribution is 7.13. The van der Waals surface area contributed by atoms with Crippen LogP contribution in [0.5, 0.6) is 5.75 Å². The third-order valence-electron chi connectivity index (χ3n) is 3.75. The second-order valence-corrected chi connectivity index (χ2v) is 6.68. The van der Waals surface area contributed by atoms with Gasteiger partial charge in [-0.2, -0.15) is 0 Å². The van der Waals surface area contributed by atoms with E-state index >= 15 is 0 Å². The monoisotopic (exact) mass is 363 g/mol. The molecule has 1 heterocycles. The maximum absolute atomic E-state index is 10.7. The lowest BCUT2D eigenvalue weighted by atomic mass is 10.2. The van der Waals surface area contributed by atoms with Gasteiger partial charge in [-0.15, -0.1) is 11.3 Å². The van der Waals surface area contributed by atoms with Crippen molar-refractivity contribution in [1.29, 1.82) is 0 Å². The first kappa shape index (κ1) is 17.6. The van der Waals surface area contributed by atoms with Crippen molar-refractivity contribution in [3.63, 3.8) is 0 Å². The second kappa shape index (κ2) is 8.27. The zero-order valence-corrected chi connectivity index (χ0v) is 15.0. The molecule has 130 valence electrons.